The second kappa shape index (κ2) is 5.41. The molecular formula is C14H23N3O. The number of hydrogen-bond donors (Lipinski definition) is 1. The van der Waals surface area contributed by atoms with Gasteiger partial charge in [0, 0.05) is 12.2 Å². The molecule has 0 aromatic carbocycles. The lowest BCUT2D eigenvalue weighted by Crippen LogP contribution is -2.25. The fraction of sp³-hybridized carbons (Fsp3) is 0.786. The summed E-state index contributed by atoms with van der Waals surface area (Å²) in [7, 11) is 1.99. The molecule has 0 amide bonds. The fourth-order valence-electron chi connectivity index (χ4n) is 3.20. The average Bonchev–Trinajstić information content (AvgIpc) is 2.99. The Labute approximate surface area is 109 Å². The van der Waals surface area contributed by atoms with E-state index in [1.54, 1.807) is 0 Å². The summed E-state index contributed by atoms with van der Waals surface area (Å²) in [4.78, 5) is 4.55. The normalized spacial score (nSPS) is 27.4. The molecule has 0 spiro atoms. The van der Waals surface area contributed by atoms with E-state index in [0.717, 1.165) is 19.5 Å². The van der Waals surface area contributed by atoms with Crippen LogP contribution in [-0.4, -0.2) is 35.4 Å². The zero-order valence-corrected chi connectivity index (χ0v) is 11.2. The van der Waals surface area contributed by atoms with Crippen LogP contribution in [-0.2, 0) is 24.1 Å². The van der Waals surface area contributed by atoms with Crippen molar-refractivity contribution in [3.05, 3.63) is 17.7 Å². The molecule has 1 fully saturated rings. The zero-order chi connectivity index (χ0) is 12.4. The molecule has 1 saturated heterocycles. The van der Waals surface area contributed by atoms with Gasteiger partial charge in [-0.2, -0.15) is 0 Å². The van der Waals surface area contributed by atoms with Gasteiger partial charge in [-0.25, -0.2) is 4.98 Å². The van der Waals surface area contributed by atoms with Gasteiger partial charge < -0.3 is 14.6 Å². The fourth-order valence-corrected chi connectivity index (χ4v) is 3.20. The first-order chi connectivity index (χ1) is 8.86. The molecule has 4 heteroatoms. The molecule has 2 heterocycles. The number of aromatic nitrogens is 2. The second-order valence-electron chi connectivity index (χ2n) is 5.51. The standard InChI is InChI=1S/C14H23N3O/c1-15-8-11-6-7-12(18-11)9-17-10-16-13-4-2-3-5-14(13)17/h10-12,15H,2-9H2,1H3. The summed E-state index contributed by atoms with van der Waals surface area (Å²) in [5, 5.41) is 3.19. The van der Waals surface area contributed by atoms with Crippen LogP contribution in [0.25, 0.3) is 0 Å². The van der Waals surface area contributed by atoms with Crippen molar-refractivity contribution in [2.45, 2.75) is 57.3 Å². The number of rotatable bonds is 4. The Hall–Kier alpha value is -0.870. The molecule has 2 unspecified atom stereocenters. The molecule has 0 bridgehead atoms. The van der Waals surface area contributed by atoms with E-state index < -0.39 is 0 Å². The monoisotopic (exact) mass is 249 g/mol. The molecule has 1 aromatic rings. The number of imidazole rings is 1. The molecule has 2 atom stereocenters. The van der Waals surface area contributed by atoms with Gasteiger partial charge in [0.1, 0.15) is 0 Å². The van der Waals surface area contributed by atoms with Crippen LogP contribution < -0.4 is 5.32 Å². The van der Waals surface area contributed by atoms with Crippen molar-refractivity contribution in [3.63, 3.8) is 0 Å². The highest BCUT2D eigenvalue weighted by atomic mass is 16.5. The lowest BCUT2D eigenvalue weighted by molar-refractivity contribution is 0.0366. The van der Waals surface area contributed by atoms with Crippen LogP contribution >= 0.6 is 0 Å². The van der Waals surface area contributed by atoms with E-state index in [2.05, 4.69) is 14.9 Å². The molecule has 0 saturated carbocycles. The Balaban J connectivity index is 1.62. The number of nitrogens with zero attached hydrogens (tertiary/aromatic N) is 2. The smallest absolute Gasteiger partial charge is 0.0952 e. The van der Waals surface area contributed by atoms with Crippen LogP contribution in [0.3, 0.4) is 0 Å². The number of fused-ring (bicyclic) bond motifs is 1. The van der Waals surface area contributed by atoms with Gasteiger partial charge in [-0.05, 0) is 45.6 Å². The minimum absolute atomic E-state index is 0.378. The summed E-state index contributed by atoms with van der Waals surface area (Å²) in [5.74, 6) is 0. The maximum absolute atomic E-state index is 6.06. The molecule has 2 aliphatic rings. The third-order valence-corrected chi connectivity index (χ3v) is 4.14. The molecule has 1 N–H and O–H groups in total. The van der Waals surface area contributed by atoms with Gasteiger partial charge in [0.2, 0.25) is 0 Å². The lowest BCUT2D eigenvalue weighted by Gasteiger charge is -2.18. The van der Waals surface area contributed by atoms with E-state index in [9.17, 15) is 0 Å². The van der Waals surface area contributed by atoms with Crippen LogP contribution in [0.1, 0.15) is 37.1 Å². The van der Waals surface area contributed by atoms with E-state index in [1.165, 1.54) is 43.5 Å². The van der Waals surface area contributed by atoms with Crippen molar-refractivity contribution in [3.8, 4) is 0 Å². The number of ether oxygens (including phenoxy) is 1. The lowest BCUT2D eigenvalue weighted by atomic mass is 10.0. The predicted octanol–water partition coefficient (Wildman–Crippen LogP) is 1.53. The van der Waals surface area contributed by atoms with Gasteiger partial charge in [-0.3, -0.25) is 0 Å². The minimum Gasteiger partial charge on any atom is -0.372 e. The molecule has 1 aliphatic heterocycles. The zero-order valence-electron chi connectivity index (χ0n) is 11.2. The Morgan fingerprint density at radius 3 is 3.06 bits per heavy atom. The summed E-state index contributed by atoms with van der Waals surface area (Å²) in [6, 6.07) is 0. The van der Waals surface area contributed by atoms with Gasteiger partial charge in [-0.1, -0.05) is 0 Å². The van der Waals surface area contributed by atoms with E-state index >= 15 is 0 Å². The molecule has 100 valence electrons. The van der Waals surface area contributed by atoms with Gasteiger partial charge in [0.15, 0.2) is 0 Å². The highest BCUT2D eigenvalue weighted by molar-refractivity contribution is 5.16. The maximum atomic E-state index is 6.06. The third kappa shape index (κ3) is 2.45. The number of nitrogens with one attached hydrogen (secondary N) is 1. The third-order valence-electron chi connectivity index (χ3n) is 4.14. The van der Waals surface area contributed by atoms with Crippen LogP contribution in [0, 0.1) is 0 Å². The first kappa shape index (κ1) is 12.2. The number of likely N-dealkylation sites (N-methyl/N-ethyl adjacent to an activating group) is 1. The molecule has 4 nitrogen and oxygen atoms in total. The Bertz CT molecular complexity index is 402. The quantitative estimate of drug-likeness (QED) is 0.879. The molecule has 18 heavy (non-hydrogen) atoms. The summed E-state index contributed by atoms with van der Waals surface area (Å²) in [6.07, 6.45) is 10.1. The largest absolute Gasteiger partial charge is 0.372 e. The molecule has 1 aromatic heterocycles. The molecule has 1 aliphatic carbocycles. The van der Waals surface area contributed by atoms with Gasteiger partial charge in [0.05, 0.1) is 30.8 Å². The first-order valence-electron chi connectivity index (χ1n) is 7.19. The maximum Gasteiger partial charge on any atom is 0.0952 e. The van der Waals surface area contributed by atoms with Crippen molar-refractivity contribution < 1.29 is 4.74 Å². The number of hydrogen-bond acceptors (Lipinski definition) is 3. The summed E-state index contributed by atoms with van der Waals surface area (Å²) >= 11 is 0. The highest BCUT2D eigenvalue weighted by Gasteiger charge is 2.26. The Kier molecular flexibility index (Phi) is 3.66. The highest BCUT2D eigenvalue weighted by Crippen LogP contribution is 2.24. The van der Waals surface area contributed by atoms with E-state index in [4.69, 9.17) is 4.74 Å². The SMILES string of the molecule is CNCC1CCC(Cn2cnc3c2CCCC3)O1. The molecular weight excluding hydrogens is 226 g/mol. The van der Waals surface area contributed by atoms with Gasteiger partial charge >= 0.3 is 0 Å². The molecule has 3 rings (SSSR count). The van der Waals surface area contributed by atoms with Crippen molar-refractivity contribution in [1.29, 1.82) is 0 Å². The van der Waals surface area contributed by atoms with Crippen molar-refractivity contribution >= 4 is 0 Å². The van der Waals surface area contributed by atoms with E-state index in [-0.39, 0.29) is 0 Å². The minimum atomic E-state index is 0.378. The summed E-state index contributed by atoms with van der Waals surface area (Å²) in [5.41, 5.74) is 2.79. The van der Waals surface area contributed by atoms with Gasteiger partial charge in [0.25, 0.3) is 0 Å². The average molecular weight is 249 g/mol. The summed E-state index contributed by atoms with van der Waals surface area (Å²) in [6.45, 7) is 1.96. The predicted molar refractivity (Wildman–Crippen MR) is 70.7 cm³/mol. The Morgan fingerprint density at radius 1 is 1.33 bits per heavy atom. The van der Waals surface area contributed by atoms with Crippen molar-refractivity contribution in [1.82, 2.24) is 14.9 Å². The van der Waals surface area contributed by atoms with E-state index in [0.29, 0.717) is 12.2 Å². The first-order valence-corrected chi connectivity index (χ1v) is 7.19. The topological polar surface area (TPSA) is 39.1 Å². The van der Waals surface area contributed by atoms with Crippen LogP contribution in [0.4, 0.5) is 0 Å². The second-order valence-corrected chi connectivity index (χ2v) is 5.51. The van der Waals surface area contributed by atoms with E-state index in [1.807, 2.05) is 13.4 Å². The van der Waals surface area contributed by atoms with Crippen LogP contribution in [0.15, 0.2) is 6.33 Å². The summed E-state index contributed by atoms with van der Waals surface area (Å²) < 4.78 is 8.39. The Morgan fingerprint density at radius 2 is 2.17 bits per heavy atom. The van der Waals surface area contributed by atoms with Crippen molar-refractivity contribution in [2.24, 2.45) is 0 Å². The number of aryl methyl sites for hydroxylation is 1. The van der Waals surface area contributed by atoms with Crippen LogP contribution in [0.5, 0.6) is 0 Å². The van der Waals surface area contributed by atoms with Crippen LogP contribution in [0.2, 0.25) is 0 Å². The molecule has 0 radical (unpaired) electrons. The van der Waals surface area contributed by atoms with Crippen molar-refractivity contribution in [2.75, 3.05) is 13.6 Å². The van der Waals surface area contributed by atoms with Gasteiger partial charge in [-0.15, -0.1) is 0 Å².